The van der Waals surface area contributed by atoms with Gasteiger partial charge in [0.1, 0.15) is 11.5 Å². The van der Waals surface area contributed by atoms with E-state index in [1.54, 1.807) is 6.20 Å². The quantitative estimate of drug-likeness (QED) is 0.373. The molecule has 5 rings (SSSR count). The fourth-order valence-electron chi connectivity index (χ4n) is 3.78. The average molecular weight is 427 g/mol. The molecule has 5 heteroatoms. The van der Waals surface area contributed by atoms with Crippen LogP contribution in [0.4, 0.5) is 0 Å². The third-order valence-electron chi connectivity index (χ3n) is 5.27. The molecule has 0 saturated heterocycles. The number of pyridine rings is 1. The molecule has 0 spiro atoms. The number of halogens is 1. The van der Waals surface area contributed by atoms with Gasteiger partial charge < -0.3 is 9.64 Å². The van der Waals surface area contributed by atoms with Gasteiger partial charge in [0.05, 0.1) is 16.3 Å². The van der Waals surface area contributed by atoms with Crippen LogP contribution in [0.5, 0.6) is 11.5 Å². The number of hydrogen-bond acceptors (Lipinski definition) is 3. The largest absolute Gasteiger partial charge is 0.457 e. The molecule has 3 aromatic carbocycles. The van der Waals surface area contributed by atoms with Crippen LogP contribution in [0.15, 0.2) is 91.1 Å². The van der Waals surface area contributed by atoms with E-state index in [4.69, 9.17) is 16.3 Å². The summed E-state index contributed by atoms with van der Waals surface area (Å²) in [6.07, 6.45) is 1.75. The molecule has 0 unspecified atom stereocenters. The second-order valence-electron chi connectivity index (χ2n) is 7.43. The van der Waals surface area contributed by atoms with E-state index in [-0.39, 0.29) is 5.91 Å². The first-order chi connectivity index (χ1) is 15.2. The van der Waals surface area contributed by atoms with Crippen LogP contribution < -0.4 is 4.74 Å². The zero-order valence-corrected chi connectivity index (χ0v) is 17.4. The van der Waals surface area contributed by atoms with Crippen molar-refractivity contribution in [2.24, 2.45) is 0 Å². The van der Waals surface area contributed by atoms with Crippen LogP contribution in [-0.2, 0) is 13.1 Å². The second-order valence-corrected chi connectivity index (χ2v) is 7.83. The molecule has 1 aliphatic rings. The highest BCUT2D eigenvalue weighted by molar-refractivity contribution is 6.34. The van der Waals surface area contributed by atoms with E-state index in [2.05, 4.69) is 4.98 Å². The Morgan fingerprint density at radius 2 is 1.65 bits per heavy atom. The Morgan fingerprint density at radius 1 is 0.903 bits per heavy atom. The molecule has 0 aliphatic carbocycles. The van der Waals surface area contributed by atoms with Crippen molar-refractivity contribution in [3.8, 4) is 22.8 Å². The van der Waals surface area contributed by atoms with Gasteiger partial charge >= 0.3 is 0 Å². The molecule has 152 valence electrons. The van der Waals surface area contributed by atoms with Gasteiger partial charge in [-0.05, 0) is 59.7 Å². The molecule has 0 N–H and O–H groups in total. The number of aromatic nitrogens is 1. The van der Waals surface area contributed by atoms with Crippen LogP contribution in [0.3, 0.4) is 0 Å². The summed E-state index contributed by atoms with van der Waals surface area (Å²) in [5.74, 6) is 1.50. The van der Waals surface area contributed by atoms with Crippen molar-refractivity contribution in [2.75, 3.05) is 0 Å². The fourth-order valence-corrected chi connectivity index (χ4v) is 4.10. The smallest absolute Gasteiger partial charge is 0.256 e. The van der Waals surface area contributed by atoms with Crippen LogP contribution in [0, 0.1) is 0 Å². The molecular formula is C26H19ClN2O2. The van der Waals surface area contributed by atoms with Crippen LogP contribution in [0.1, 0.15) is 21.5 Å². The highest BCUT2D eigenvalue weighted by atomic mass is 35.5. The molecule has 0 atom stereocenters. The molecule has 0 bridgehead atoms. The standard InChI is InChI=1S/C26H19ClN2O2/c27-23-15-19(24-8-4-5-13-28-24)14-20-17-29(26(30)25(20)23)16-18-9-11-22(12-10-18)31-21-6-2-1-3-7-21/h1-15H,16-17H2. The molecule has 31 heavy (non-hydrogen) atoms. The summed E-state index contributed by atoms with van der Waals surface area (Å²) in [6, 6.07) is 27.0. The minimum Gasteiger partial charge on any atom is -0.457 e. The minimum absolute atomic E-state index is 0.0443. The normalized spacial score (nSPS) is 12.7. The van der Waals surface area contributed by atoms with Crippen LogP contribution in [-0.4, -0.2) is 15.8 Å². The van der Waals surface area contributed by atoms with Gasteiger partial charge in [0.2, 0.25) is 0 Å². The van der Waals surface area contributed by atoms with Gasteiger partial charge in [0, 0.05) is 24.8 Å². The third kappa shape index (κ3) is 4.03. The lowest BCUT2D eigenvalue weighted by molar-refractivity contribution is 0.0767. The van der Waals surface area contributed by atoms with Gasteiger partial charge in [-0.25, -0.2) is 0 Å². The van der Waals surface area contributed by atoms with Gasteiger partial charge in [0.25, 0.3) is 5.91 Å². The first-order valence-corrected chi connectivity index (χ1v) is 10.4. The van der Waals surface area contributed by atoms with Gasteiger partial charge in [0.15, 0.2) is 0 Å². The number of fused-ring (bicyclic) bond motifs is 1. The zero-order chi connectivity index (χ0) is 21.2. The lowest BCUT2D eigenvalue weighted by Gasteiger charge is -2.16. The maximum absolute atomic E-state index is 13.0. The Bertz CT molecular complexity index is 1230. The Hall–Kier alpha value is -3.63. The number of benzene rings is 3. The number of rotatable bonds is 5. The number of carbonyl (C=O) groups is 1. The van der Waals surface area contributed by atoms with Gasteiger partial charge in [-0.15, -0.1) is 0 Å². The van der Waals surface area contributed by atoms with Gasteiger partial charge in [-0.2, -0.15) is 0 Å². The number of para-hydroxylation sites is 1. The summed E-state index contributed by atoms with van der Waals surface area (Å²) >= 11 is 6.49. The van der Waals surface area contributed by atoms with Crippen molar-refractivity contribution in [2.45, 2.75) is 13.1 Å². The van der Waals surface area contributed by atoms with E-state index in [1.807, 2.05) is 89.8 Å². The highest BCUT2D eigenvalue weighted by Gasteiger charge is 2.30. The third-order valence-corrected chi connectivity index (χ3v) is 5.57. The number of hydrogen-bond donors (Lipinski definition) is 0. The van der Waals surface area contributed by atoms with E-state index < -0.39 is 0 Å². The van der Waals surface area contributed by atoms with E-state index in [0.29, 0.717) is 23.7 Å². The zero-order valence-electron chi connectivity index (χ0n) is 16.7. The number of ether oxygens (including phenoxy) is 1. The summed E-state index contributed by atoms with van der Waals surface area (Å²) in [6.45, 7) is 1.03. The topological polar surface area (TPSA) is 42.4 Å². The maximum atomic E-state index is 13.0. The highest BCUT2D eigenvalue weighted by Crippen LogP contribution is 2.34. The Labute approximate surface area is 185 Å². The van der Waals surface area contributed by atoms with Crippen LogP contribution in [0.2, 0.25) is 5.02 Å². The van der Waals surface area contributed by atoms with E-state index in [0.717, 1.165) is 33.9 Å². The van der Waals surface area contributed by atoms with Crippen LogP contribution in [0.25, 0.3) is 11.3 Å². The van der Waals surface area contributed by atoms with Gasteiger partial charge in [-0.3, -0.25) is 9.78 Å². The summed E-state index contributed by atoms with van der Waals surface area (Å²) < 4.78 is 5.84. The van der Waals surface area contributed by atoms with Crippen molar-refractivity contribution < 1.29 is 9.53 Å². The minimum atomic E-state index is -0.0443. The first-order valence-electron chi connectivity index (χ1n) is 10.0. The fraction of sp³-hybridized carbons (Fsp3) is 0.0769. The molecule has 4 nitrogen and oxygen atoms in total. The molecule has 2 heterocycles. The molecule has 0 saturated carbocycles. The van der Waals surface area contributed by atoms with Crippen LogP contribution >= 0.6 is 11.6 Å². The Morgan fingerprint density at radius 3 is 2.39 bits per heavy atom. The monoisotopic (exact) mass is 426 g/mol. The Kier molecular flexibility index (Phi) is 5.14. The molecule has 1 amide bonds. The SMILES string of the molecule is O=C1c2c(Cl)cc(-c3ccccn3)cc2CN1Cc1ccc(Oc2ccccc2)cc1. The van der Waals surface area contributed by atoms with E-state index >= 15 is 0 Å². The molecule has 0 fully saturated rings. The van der Waals surface area contributed by atoms with E-state index in [9.17, 15) is 4.79 Å². The molecular weight excluding hydrogens is 408 g/mol. The van der Waals surface area contributed by atoms with Crippen molar-refractivity contribution in [3.63, 3.8) is 0 Å². The van der Waals surface area contributed by atoms with E-state index in [1.165, 1.54) is 0 Å². The number of nitrogens with zero attached hydrogens (tertiary/aromatic N) is 2. The van der Waals surface area contributed by atoms with Crippen molar-refractivity contribution in [1.82, 2.24) is 9.88 Å². The van der Waals surface area contributed by atoms with Crippen molar-refractivity contribution in [1.29, 1.82) is 0 Å². The summed E-state index contributed by atoms with van der Waals surface area (Å²) in [5.41, 5.74) is 4.31. The summed E-state index contributed by atoms with van der Waals surface area (Å²) in [7, 11) is 0. The Balaban J connectivity index is 1.32. The van der Waals surface area contributed by atoms with Crippen molar-refractivity contribution in [3.05, 3.63) is 113 Å². The molecule has 4 aromatic rings. The number of amides is 1. The van der Waals surface area contributed by atoms with Gasteiger partial charge in [-0.1, -0.05) is 48.0 Å². The second kappa shape index (κ2) is 8.25. The first kappa shape index (κ1) is 19.3. The average Bonchev–Trinajstić information content (AvgIpc) is 3.12. The summed E-state index contributed by atoms with van der Waals surface area (Å²) in [4.78, 5) is 19.2. The predicted octanol–water partition coefficient (Wildman–Crippen LogP) is 6.35. The molecule has 0 radical (unpaired) electrons. The predicted molar refractivity (Wildman–Crippen MR) is 121 cm³/mol. The lowest BCUT2D eigenvalue weighted by atomic mass is 10.0. The molecule has 1 aromatic heterocycles. The summed E-state index contributed by atoms with van der Waals surface area (Å²) in [5, 5.41) is 0.470. The lowest BCUT2D eigenvalue weighted by Crippen LogP contribution is -2.23. The van der Waals surface area contributed by atoms with Crippen molar-refractivity contribution >= 4 is 17.5 Å². The maximum Gasteiger partial charge on any atom is 0.256 e. The number of carbonyl (C=O) groups excluding carboxylic acids is 1. The molecule has 1 aliphatic heterocycles.